The second-order valence-corrected chi connectivity index (χ2v) is 9.81. The van der Waals surface area contributed by atoms with Crippen molar-refractivity contribution in [3.05, 3.63) is 76.5 Å². The first-order valence-corrected chi connectivity index (χ1v) is 12.0. The van der Waals surface area contributed by atoms with Gasteiger partial charge < -0.3 is 10.2 Å². The molecule has 0 unspecified atom stereocenters. The van der Waals surface area contributed by atoms with Gasteiger partial charge in [0.25, 0.3) is 5.91 Å². The first-order valence-electron chi connectivity index (χ1n) is 9.68. The Morgan fingerprint density at radius 2 is 1.74 bits per heavy atom. The van der Waals surface area contributed by atoms with Crippen molar-refractivity contribution in [1.82, 2.24) is 4.31 Å². The van der Waals surface area contributed by atoms with Gasteiger partial charge in [0.15, 0.2) is 0 Å². The van der Waals surface area contributed by atoms with Crippen LogP contribution in [0.25, 0.3) is 0 Å². The van der Waals surface area contributed by atoms with Gasteiger partial charge in [-0.15, -0.1) is 11.3 Å². The number of rotatable bonds is 5. The number of piperazine rings is 1. The minimum Gasteiger partial charge on any atom is -0.369 e. The average molecular weight is 453 g/mol. The number of carbonyl (C=O) groups excluding carboxylic acids is 1. The quantitative estimate of drug-likeness (QED) is 0.641. The second kappa shape index (κ2) is 8.89. The Hall–Kier alpha value is -3.19. The van der Waals surface area contributed by atoms with E-state index in [1.807, 2.05) is 36.4 Å². The normalized spacial score (nSPS) is 14.7. The summed E-state index contributed by atoms with van der Waals surface area (Å²) in [4.78, 5) is 15.1. The van der Waals surface area contributed by atoms with Gasteiger partial charge in [-0.3, -0.25) is 4.79 Å². The second-order valence-electron chi connectivity index (χ2n) is 6.99. The SMILES string of the molecule is N#Cc1cccc(NC(=O)c2sccc2S(=O)(=O)N2CCN(c3ccccc3)CC2)c1. The summed E-state index contributed by atoms with van der Waals surface area (Å²) >= 11 is 1.08. The Labute approximate surface area is 185 Å². The summed E-state index contributed by atoms with van der Waals surface area (Å²) in [7, 11) is -3.80. The predicted octanol–water partition coefficient (Wildman–Crippen LogP) is 3.38. The standard InChI is InChI=1S/C22H20N4O3S2/c23-16-17-5-4-6-18(15-17)24-22(27)21-20(9-14-30-21)31(28,29)26-12-10-25(11-13-26)19-7-2-1-3-8-19/h1-9,14-15H,10-13H2,(H,24,27). The molecular formula is C22H20N4O3S2. The zero-order valence-electron chi connectivity index (χ0n) is 16.6. The summed E-state index contributed by atoms with van der Waals surface area (Å²) in [6.07, 6.45) is 0. The van der Waals surface area contributed by atoms with Gasteiger partial charge in [-0.25, -0.2) is 8.42 Å². The van der Waals surface area contributed by atoms with Crippen LogP contribution in [0, 0.1) is 11.3 Å². The summed E-state index contributed by atoms with van der Waals surface area (Å²) < 4.78 is 28.0. The van der Waals surface area contributed by atoms with Gasteiger partial charge in [0.05, 0.1) is 11.6 Å². The molecule has 1 N–H and O–H groups in total. The smallest absolute Gasteiger partial charge is 0.267 e. The fraction of sp³-hybridized carbons (Fsp3) is 0.182. The number of benzene rings is 2. The Kier molecular flexibility index (Phi) is 6.04. The molecule has 0 radical (unpaired) electrons. The molecule has 1 aliphatic heterocycles. The summed E-state index contributed by atoms with van der Waals surface area (Å²) in [5, 5.41) is 13.3. The van der Waals surface area contributed by atoms with Crippen LogP contribution in [0.1, 0.15) is 15.2 Å². The van der Waals surface area contributed by atoms with Crippen LogP contribution in [0.4, 0.5) is 11.4 Å². The molecule has 4 rings (SSSR count). The van der Waals surface area contributed by atoms with Gasteiger partial charge in [-0.1, -0.05) is 24.3 Å². The molecule has 0 bridgehead atoms. The van der Waals surface area contributed by atoms with Crippen molar-refractivity contribution in [3.8, 4) is 6.07 Å². The molecule has 1 saturated heterocycles. The Balaban J connectivity index is 1.49. The monoisotopic (exact) mass is 452 g/mol. The molecule has 0 aliphatic carbocycles. The molecule has 1 fully saturated rings. The molecule has 0 saturated carbocycles. The lowest BCUT2D eigenvalue weighted by molar-refractivity contribution is 0.102. The molecule has 158 valence electrons. The number of thiophene rings is 1. The number of nitrogens with one attached hydrogen (secondary N) is 1. The number of nitrogens with zero attached hydrogens (tertiary/aromatic N) is 3. The van der Waals surface area contributed by atoms with E-state index >= 15 is 0 Å². The number of sulfonamides is 1. The summed E-state index contributed by atoms with van der Waals surface area (Å²) in [5.74, 6) is -0.508. The highest BCUT2D eigenvalue weighted by Crippen LogP contribution is 2.28. The lowest BCUT2D eigenvalue weighted by Crippen LogP contribution is -2.48. The highest BCUT2D eigenvalue weighted by molar-refractivity contribution is 7.89. The molecule has 1 aromatic heterocycles. The molecule has 1 amide bonds. The summed E-state index contributed by atoms with van der Waals surface area (Å²) in [5.41, 5.74) is 1.92. The van der Waals surface area contributed by atoms with Gasteiger partial charge in [0.2, 0.25) is 10.0 Å². The maximum Gasteiger partial charge on any atom is 0.267 e. The largest absolute Gasteiger partial charge is 0.369 e. The number of nitriles is 1. The first kappa shape index (κ1) is 21.1. The molecule has 7 nitrogen and oxygen atoms in total. The van der Waals surface area contributed by atoms with E-state index in [1.165, 1.54) is 10.4 Å². The number of para-hydroxylation sites is 1. The Morgan fingerprint density at radius 3 is 2.45 bits per heavy atom. The number of hydrogen-bond donors (Lipinski definition) is 1. The lowest BCUT2D eigenvalue weighted by Gasteiger charge is -2.35. The van der Waals surface area contributed by atoms with E-state index < -0.39 is 15.9 Å². The van der Waals surface area contributed by atoms with Crippen LogP contribution in [0.3, 0.4) is 0 Å². The molecule has 1 aliphatic rings. The van der Waals surface area contributed by atoms with Crippen molar-refractivity contribution in [3.63, 3.8) is 0 Å². The van der Waals surface area contributed by atoms with Crippen molar-refractivity contribution < 1.29 is 13.2 Å². The van der Waals surface area contributed by atoms with E-state index in [1.54, 1.807) is 29.6 Å². The zero-order valence-corrected chi connectivity index (χ0v) is 18.2. The van der Waals surface area contributed by atoms with Crippen LogP contribution in [-0.4, -0.2) is 44.8 Å². The summed E-state index contributed by atoms with van der Waals surface area (Å²) in [6, 6.07) is 19.9. The van der Waals surface area contributed by atoms with E-state index in [0.29, 0.717) is 37.4 Å². The van der Waals surface area contributed by atoms with E-state index in [4.69, 9.17) is 5.26 Å². The van der Waals surface area contributed by atoms with Crippen LogP contribution in [0.5, 0.6) is 0 Å². The predicted molar refractivity (Wildman–Crippen MR) is 121 cm³/mol. The third-order valence-corrected chi connectivity index (χ3v) is 8.05. The molecule has 0 spiro atoms. The van der Waals surface area contributed by atoms with Crippen molar-refractivity contribution in [1.29, 1.82) is 5.26 Å². The first-order chi connectivity index (χ1) is 15.0. The number of hydrogen-bond acceptors (Lipinski definition) is 6. The molecule has 0 atom stereocenters. The molecule has 2 aromatic carbocycles. The van der Waals surface area contributed by atoms with Crippen molar-refractivity contribution >= 4 is 38.6 Å². The van der Waals surface area contributed by atoms with E-state index in [2.05, 4.69) is 10.2 Å². The fourth-order valence-corrected chi connectivity index (χ4v) is 6.20. The topological polar surface area (TPSA) is 93.5 Å². The lowest BCUT2D eigenvalue weighted by atomic mass is 10.2. The van der Waals surface area contributed by atoms with E-state index in [9.17, 15) is 13.2 Å². The molecule has 31 heavy (non-hydrogen) atoms. The minimum absolute atomic E-state index is 0.0135. The van der Waals surface area contributed by atoms with Gasteiger partial charge in [0, 0.05) is 37.6 Å². The zero-order chi connectivity index (χ0) is 21.8. The van der Waals surface area contributed by atoms with Crippen molar-refractivity contribution in [2.45, 2.75) is 4.90 Å². The average Bonchev–Trinajstić information content (AvgIpc) is 3.31. The maximum atomic E-state index is 13.3. The van der Waals surface area contributed by atoms with E-state index in [0.717, 1.165) is 17.0 Å². The van der Waals surface area contributed by atoms with Gasteiger partial charge in [0.1, 0.15) is 9.77 Å². The van der Waals surface area contributed by atoms with Crippen LogP contribution >= 0.6 is 11.3 Å². The minimum atomic E-state index is -3.80. The number of carbonyl (C=O) groups is 1. The van der Waals surface area contributed by atoms with Gasteiger partial charge in [-0.05, 0) is 41.8 Å². The molecule has 2 heterocycles. The van der Waals surface area contributed by atoms with Crippen LogP contribution < -0.4 is 10.2 Å². The summed E-state index contributed by atoms with van der Waals surface area (Å²) in [6.45, 7) is 1.85. The maximum absolute atomic E-state index is 13.3. The third kappa shape index (κ3) is 4.46. The van der Waals surface area contributed by atoms with Crippen LogP contribution in [-0.2, 0) is 10.0 Å². The van der Waals surface area contributed by atoms with Crippen molar-refractivity contribution in [2.75, 3.05) is 36.4 Å². The van der Waals surface area contributed by atoms with Crippen molar-refractivity contribution in [2.24, 2.45) is 0 Å². The number of anilines is 2. The Morgan fingerprint density at radius 1 is 1.00 bits per heavy atom. The van der Waals surface area contributed by atoms with Crippen LogP contribution in [0.15, 0.2) is 70.9 Å². The highest BCUT2D eigenvalue weighted by Gasteiger charge is 2.32. The highest BCUT2D eigenvalue weighted by atomic mass is 32.2. The van der Waals surface area contributed by atoms with Gasteiger partial charge in [-0.2, -0.15) is 9.57 Å². The van der Waals surface area contributed by atoms with E-state index in [-0.39, 0.29) is 9.77 Å². The third-order valence-electron chi connectivity index (χ3n) is 5.06. The number of amides is 1. The van der Waals surface area contributed by atoms with Crippen LogP contribution in [0.2, 0.25) is 0 Å². The van der Waals surface area contributed by atoms with Gasteiger partial charge >= 0.3 is 0 Å². The molecule has 9 heteroatoms. The Bertz CT molecular complexity index is 1220. The molecular weight excluding hydrogens is 432 g/mol. The molecule has 3 aromatic rings. The fourth-order valence-electron chi connectivity index (χ4n) is 3.49.